The van der Waals surface area contributed by atoms with Crippen LogP contribution in [0, 0.1) is 0 Å². The fraction of sp³-hybridized carbons (Fsp3) is 0.440. The third-order valence-electron chi connectivity index (χ3n) is 5.01. The molecule has 0 aliphatic heterocycles. The largest absolute Gasteiger partial charge is 0.444 e. The van der Waals surface area contributed by atoms with E-state index in [0.29, 0.717) is 18.4 Å². The maximum Gasteiger partial charge on any atom is 0.407 e. The number of amides is 1. The van der Waals surface area contributed by atoms with Gasteiger partial charge in [0.1, 0.15) is 5.60 Å². The number of thiazole rings is 1. The van der Waals surface area contributed by atoms with Crippen molar-refractivity contribution in [3.8, 4) is 10.6 Å². The number of aryl methyl sites for hydroxylation is 1. The molecule has 3 rings (SSSR count). The Labute approximate surface area is 200 Å². The van der Waals surface area contributed by atoms with Gasteiger partial charge >= 0.3 is 6.09 Å². The predicted octanol–water partition coefficient (Wildman–Crippen LogP) is 6.44. The number of nitrogens with one attached hydrogen (secondary N) is 2. The van der Waals surface area contributed by atoms with Gasteiger partial charge in [-0.1, -0.05) is 32.9 Å². The van der Waals surface area contributed by atoms with Gasteiger partial charge in [0.15, 0.2) is 0 Å². The molecule has 0 aliphatic rings. The smallest absolute Gasteiger partial charge is 0.407 e. The van der Waals surface area contributed by atoms with E-state index in [1.807, 2.05) is 51.1 Å². The summed E-state index contributed by atoms with van der Waals surface area (Å²) in [5.41, 5.74) is 3.33. The molecule has 0 bridgehead atoms. The lowest BCUT2D eigenvalue weighted by atomic mass is 10.0. The van der Waals surface area contributed by atoms with Crippen molar-refractivity contribution in [2.24, 2.45) is 0 Å². The monoisotopic (exact) mass is 467 g/mol. The highest BCUT2D eigenvalue weighted by molar-refractivity contribution is 7.15. The van der Waals surface area contributed by atoms with Crippen LogP contribution in [-0.4, -0.2) is 26.6 Å². The lowest BCUT2D eigenvalue weighted by Crippen LogP contribution is -2.32. The van der Waals surface area contributed by atoms with Crippen LogP contribution in [0.1, 0.15) is 70.1 Å². The predicted molar refractivity (Wildman–Crippen MR) is 134 cm³/mol. The summed E-state index contributed by atoms with van der Waals surface area (Å²) in [6, 6.07) is 9.71. The summed E-state index contributed by atoms with van der Waals surface area (Å²) >= 11 is 1.71. The average molecular weight is 468 g/mol. The minimum Gasteiger partial charge on any atom is -0.444 e. The molecule has 1 aromatic carbocycles. The Hall–Kier alpha value is -3.00. The van der Waals surface area contributed by atoms with E-state index < -0.39 is 11.7 Å². The number of rotatable bonds is 8. The van der Waals surface area contributed by atoms with Crippen molar-refractivity contribution < 1.29 is 9.53 Å². The van der Waals surface area contributed by atoms with Crippen LogP contribution in [-0.2, 0) is 17.7 Å². The maximum atomic E-state index is 11.8. The Morgan fingerprint density at radius 2 is 1.85 bits per heavy atom. The van der Waals surface area contributed by atoms with Crippen LogP contribution in [0.5, 0.6) is 0 Å². The molecule has 0 fully saturated rings. The van der Waals surface area contributed by atoms with Gasteiger partial charge in [-0.3, -0.25) is 0 Å². The Morgan fingerprint density at radius 3 is 2.48 bits per heavy atom. The number of hydrogen-bond acceptors (Lipinski definition) is 7. The first-order valence-corrected chi connectivity index (χ1v) is 12.2. The van der Waals surface area contributed by atoms with E-state index in [1.54, 1.807) is 17.5 Å². The van der Waals surface area contributed by atoms with E-state index in [4.69, 9.17) is 14.7 Å². The van der Waals surface area contributed by atoms with Gasteiger partial charge in [-0.15, -0.1) is 11.3 Å². The highest BCUT2D eigenvalue weighted by Crippen LogP contribution is 2.35. The Kier molecular flexibility index (Phi) is 8.02. The van der Waals surface area contributed by atoms with Crippen molar-refractivity contribution >= 4 is 29.1 Å². The van der Waals surface area contributed by atoms with Crippen molar-refractivity contribution in [2.45, 2.75) is 72.4 Å². The normalized spacial score (nSPS) is 12.3. The lowest BCUT2D eigenvalue weighted by Gasteiger charge is -2.19. The molecule has 1 unspecified atom stereocenters. The Morgan fingerprint density at radius 1 is 1.12 bits per heavy atom. The zero-order chi connectivity index (χ0) is 24.0. The van der Waals surface area contributed by atoms with Crippen LogP contribution in [0.15, 0.2) is 36.5 Å². The van der Waals surface area contributed by atoms with E-state index in [9.17, 15) is 4.79 Å². The number of hydrogen-bond donors (Lipinski definition) is 2. The maximum absolute atomic E-state index is 11.8. The SMILES string of the molecule is CCc1nc(C(C)CC)c(-c2ccnc(Nc3ccc(CNC(=O)OC(C)(C)C)cc3)n2)s1. The first-order valence-electron chi connectivity index (χ1n) is 11.3. The van der Waals surface area contributed by atoms with Crippen molar-refractivity contribution in [1.82, 2.24) is 20.3 Å². The third kappa shape index (κ3) is 6.99. The van der Waals surface area contributed by atoms with Gasteiger partial charge in [0, 0.05) is 18.4 Å². The van der Waals surface area contributed by atoms with Crippen molar-refractivity contribution in [1.29, 1.82) is 0 Å². The Balaban J connectivity index is 1.69. The summed E-state index contributed by atoms with van der Waals surface area (Å²) < 4.78 is 5.27. The van der Waals surface area contributed by atoms with E-state index in [2.05, 4.69) is 36.4 Å². The molecule has 7 nitrogen and oxygen atoms in total. The quantitative estimate of drug-likeness (QED) is 0.396. The number of nitrogens with zero attached hydrogens (tertiary/aromatic N) is 3. The minimum atomic E-state index is -0.515. The zero-order valence-corrected chi connectivity index (χ0v) is 21.0. The van der Waals surface area contributed by atoms with Crippen LogP contribution >= 0.6 is 11.3 Å². The second kappa shape index (κ2) is 10.7. The summed E-state index contributed by atoms with van der Waals surface area (Å²) in [6.45, 7) is 12.4. The molecule has 3 aromatic rings. The van der Waals surface area contributed by atoms with Crippen molar-refractivity contribution in [3.05, 3.63) is 52.8 Å². The molecular formula is C25H33N5O2S. The molecule has 8 heteroatoms. The summed E-state index contributed by atoms with van der Waals surface area (Å²) in [4.78, 5) is 26.9. The number of alkyl carbamates (subject to hydrolysis) is 1. The van der Waals surface area contributed by atoms with Crippen LogP contribution in [0.25, 0.3) is 10.6 Å². The molecule has 33 heavy (non-hydrogen) atoms. The molecule has 1 amide bonds. The van der Waals surface area contributed by atoms with Gasteiger partial charge in [0.05, 0.1) is 21.3 Å². The lowest BCUT2D eigenvalue weighted by molar-refractivity contribution is 0.0523. The van der Waals surface area contributed by atoms with Gasteiger partial charge in [-0.25, -0.2) is 19.7 Å². The van der Waals surface area contributed by atoms with E-state index in [1.165, 1.54) is 0 Å². The van der Waals surface area contributed by atoms with Crippen molar-refractivity contribution in [2.75, 3.05) is 5.32 Å². The minimum absolute atomic E-state index is 0.379. The number of carbonyl (C=O) groups is 1. The summed E-state index contributed by atoms with van der Waals surface area (Å²) in [6.07, 6.45) is 3.29. The topological polar surface area (TPSA) is 89.0 Å². The van der Waals surface area contributed by atoms with Gasteiger partial charge in [0.25, 0.3) is 0 Å². The highest BCUT2D eigenvalue weighted by atomic mass is 32.1. The van der Waals surface area contributed by atoms with Crippen LogP contribution in [0.4, 0.5) is 16.4 Å². The number of anilines is 2. The number of aromatic nitrogens is 3. The summed E-state index contributed by atoms with van der Waals surface area (Å²) in [5.74, 6) is 0.915. The van der Waals surface area contributed by atoms with E-state index in [0.717, 1.165) is 45.4 Å². The molecule has 0 spiro atoms. The number of ether oxygens (including phenoxy) is 1. The third-order valence-corrected chi connectivity index (χ3v) is 6.25. The number of carbonyl (C=O) groups excluding carboxylic acids is 1. The second-order valence-electron chi connectivity index (χ2n) is 8.93. The second-order valence-corrected chi connectivity index (χ2v) is 10.0. The molecule has 2 heterocycles. The van der Waals surface area contributed by atoms with E-state index in [-0.39, 0.29) is 0 Å². The first-order chi connectivity index (χ1) is 15.7. The van der Waals surface area contributed by atoms with Crippen LogP contribution in [0.3, 0.4) is 0 Å². The molecule has 0 radical (unpaired) electrons. The number of benzene rings is 1. The summed E-state index contributed by atoms with van der Waals surface area (Å²) in [5, 5.41) is 7.16. The van der Waals surface area contributed by atoms with Gasteiger partial charge in [0.2, 0.25) is 5.95 Å². The Bertz CT molecular complexity index is 1070. The van der Waals surface area contributed by atoms with Gasteiger partial charge < -0.3 is 15.4 Å². The molecule has 0 saturated heterocycles. The molecule has 176 valence electrons. The van der Waals surface area contributed by atoms with Crippen LogP contribution < -0.4 is 10.6 Å². The van der Waals surface area contributed by atoms with E-state index >= 15 is 0 Å². The fourth-order valence-electron chi connectivity index (χ4n) is 3.11. The average Bonchev–Trinajstić information content (AvgIpc) is 3.22. The first kappa shape index (κ1) is 24.6. The molecule has 0 aliphatic carbocycles. The zero-order valence-electron chi connectivity index (χ0n) is 20.2. The molecule has 2 N–H and O–H groups in total. The fourth-order valence-corrected chi connectivity index (χ4v) is 4.20. The van der Waals surface area contributed by atoms with Crippen molar-refractivity contribution in [3.63, 3.8) is 0 Å². The molecule has 2 aromatic heterocycles. The molecule has 1 atom stereocenters. The molecule has 0 saturated carbocycles. The standard InChI is InChI=1S/C25H33N5O2S/c1-7-16(3)21-22(33-20(8-2)30-21)19-13-14-26-23(29-19)28-18-11-9-17(10-12-18)15-27-24(31)32-25(4,5)6/h9-14,16H,7-8,15H2,1-6H3,(H,27,31)(H,26,28,29). The van der Waals surface area contributed by atoms with Gasteiger partial charge in [-0.05, 0) is 63.3 Å². The molecular weight excluding hydrogens is 434 g/mol. The summed E-state index contributed by atoms with van der Waals surface area (Å²) in [7, 11) is 0. The van der Waals surface area contributed by atoms with Crippen LogP contribution in [0.2, 0.25) is 0 Å². The highest BCUT2D eigenvalue weighted by Gasteiger charge is 2.18. The van der Waals surface area contributed by atoms with Gasteiger partial charge in [-0.2, -0.15) is 0 Å².